The molecule has 0 unspecified atom stereocenters. The van der Waals surface area contributed by atoms with Gasteiger partial charge in [0.1, 0.15) is 11.4 Å². The van der Waals surface area contributed by atoms with Gasteiger partial charge in [-0.25, -0.2) is 8.42 Å². The van der Waals surface area contributed by atoms with Crippen LogP contribution in [0.15, 0.2) is 11.4 Å². The molecule has 0 atom stereocenters. The van der Waals surface area contributed by atoms with Crippen LogP contribution in [0.5, 0.6) is 0 Å². The number of thiophene rings is 1. The minimum absolute atomic E-state index is 0.202. The predicted molar refractivity (Wildman–Crippen MR) is 83.7 cm³/mol. The zero-order chi connectivity index (χ0) is 16.3. The van der Waals surface area contributed by atoms with Gasteiger partial charge in [-0.15, -0.1) is 11.3 Å². The Balaban J connectivity index is 2.84. The number of hydrogen-bond acceptors (Lipinski definition) is 5. The van der Waals surface area contributed by atoms with Crippen molar-refractivity contribution in [1.29, 1.82) is 0 Å². The van der Waals surface area contributed by atoms with Crippen molar-refractivity contribution in [3.05, 3.63) is 21.9 Å². The highest BCUT2D eigenvalue weighted by atomic mass is 32.2. The quantitative estimate of drug-likeness (QED) is 0.832. The van der Waals surface area contributed by atoms with E-state index in [0.29, 0.717) is 6.54 Å². The molecule has 1 heterocycles. The summed E-state index contributed by atoms with van der Waals surface area (Å²) in [4.78, 5) is 14.6. The Kier molecular flexibility index (Phi) is 5.56. The van der Waals surface area contributed by atoms with Crippen LogP contribution in [0, 0.1) is 11.8 Å². The van der Waals surface area contributed by atoms with Crippen LogP contribution in [0.25, 0.3) is 0 Å². The first-order valence-electron chi connectivity index (χ1n) is 6.22. The Morgan fingerprint density at radius 2 is 2.10 bits per heavy atom. The van der Waals surface area contributed by atoms with E-state index in [-0.39, 0.29) is 6.61 Å². The van der Waals surface area contributed by atoms with E-state index < -0.39 is 20.5 Å². The van der Waals surface area contributed by atoms with Gasteiger partial charge in [-0.1, -0.05) is 11.8 Å². The zero-order valence-corrected chi connectivity index (χ0v) is 14.1. The number of sulfone groups is 1. The van der Waals surface area contributed by atoms with Crippen molar-refractivity contribution in [3.8, 4) is 11.8 Å². The van der Waals surface area contributed by atoms with E-state index in [1.807, 2.05) is 11.4 Å². The molecule has 0 aliphatic carbocycles. The Morgan fingerprint density at radius 1 is 1.48 bits per heavy atom. The van der Waals surface area contributed by atoms with Gasteiger partial charge in [-0.2, -0.15) is 0 Å². The minimum atomic E-state index is -3.48. The minimum Gasteiger partial charge on any atom is -0.384 e. The van der Waals surface area contributed by atoms with Gasteiger partial charge in [-0.05, 0) is 19.9 Å². The second kappa shape index (κ2) is 6.60. The molecule has 1 aromatic rings. The Bertz CT molecular complexity index is 677. The molecule has 0 saturated carbocycles. The van der Waals surface area contributed by atoms with Gasteiger partial charge in [0, 0.05) is 29.1 Å². The highest BCUT2D eigenvalue weighted by Crippen LogP contribution is 2.21. The smallest absolute Gasteiger partial charge is 0.243 e. The van der Waals surface area contributed by atoms with E-state index in [9.17, 15) is 13.2 Å². The van der Waals surface area contributed by atoms with E-state index >= 15 is 0 Å². The third-order valence-corrected chi connectivity index (χ3v) is 6.10. The number of hydrogen-bond donors (Lipinski definition) is 1. The predicted octanol–water partition coefficient (Wildman–Crippen LogP) is 0.874. The van der Waals surface area contributed by atoms with E-state index in [4.69, 9.17) is 5.11 Å². The molecule has 1 aromatic heterocycles. The SMILES string of the molecule is CN(Cc1cc(C#CCO)cs1)C(=O)C(C)(C)S(C)(=O)=O. The molecule has 116 valence electrons. The van der Waals surface area contributed by atoms with Crippen molar-refractivity contribution in [3.63, 3.8) is 0 Å². The van der Waals surface area contributed by atoms with Crippen LogP contribution < -0.4 is 0 Å². The second-order valence-electron chi connectivity index (χ2n) is 5.21. The Hall–Kier alpha value is -1.36. The van der Waals surface area contributed by atoms with Crippen molar-refractivity contribution in [2.75, 3.05) is 19.9 Å². The molecular weight excluding hydrogens is 310 g/mol. The molecule has 0 bridgehead atoms. The Morgan fingerprint density at radius 3 is 2.62 bits per heavy atom. The molecule has 0 radical (unpaired) electrons. The highest BCUT2D eigenvalue weighted by Gasteiger charge is 2.40. The number of nitrogens with zero attached hydrogens (tertiary/aromatic N) is 1. The Labute approximate surface area is 129 Å². The van der Waals surface area contributed by atoms with Crippen molar-refractivity contribution < 1.29 is 18.3 Å². The zero-order valence-electron chi connectivity index (χ0n) is 12.5. The van der Waals surface area contributed by atoms with E-state index in [1.54, 1.807) is 7.05 Å². The molecule has 0 aliphatic heterocycles. The van der Waals surface area contributed by atoms with Crippen LogP contribution in [0.3, 0.4) is 0 Å². The molecule has 21 heavy (non-hydrogen) atoms. The van der Waals surface area contributed by atoms with Crippen LogP contribution in [0.2, 0.25) is 0 Å². The molecule has 0 fully saturated rings. The highest BCUT2D eigenvalue weighted by molar-refractivity contribution is 7.92. The topological polar surface area (TPSA) is 74.7 Å². The third kappa shape index (κ3) is 4.30. The maximum atomic E-state index is 12.3. The number of carbonyl (C=O) groups excluding carboxylic acids is 1. The number of amides is 1. The van der Waals surface area contributed by atoms with Crippen molar-refractivity contribution >= 4 is 27.1 Å². The lowest BCUT2D eigenvalue weighted by molar-refractivity contribution is -0.132. The number of rotatable bonds is 4. The number of aliphatic hydroxyl groups excluding tert-OH is 1. The lowest BCUT2D eigenvalue weighted by atomic mass is 10.2. The molecule has 0 spiro atoms. The molecule has 0 aromatic carbocycles. The van der Waals surface area contributed by atoms with Crippen molar-refractivity contribution in [2.24, 2.45) is 0 Å². The summed E-state index contributed by atoms with van der Waals surface area (Å²) in [6.45, 7) is 2.94. The van der Waals surface area contributed by atoms with Gasteiger partial charge in [-0.3, -0.25) is 4.79 Å². The summed E-state index contributed by atoms with van der Waals surface area (Å²) in [5, 5.41) is 10.5. The van der Waals surface area contributed by atoms with Crippen molar-refractivity contribution in [1.82, 2.24) is 4.90 Å². The largest absolute Gasteiger partial charge is 0.384 e. The van der Waals surface area contributed by atoms with Gasteiger partial charge in [0.15, 0.2) is 9.84 Å². The van der Waals surface area contributed by atoms with Crippen LogP contribution in [-0.4, -0.2) is 49.0 Å². The van der Waals surface area contributed by atoms with E-state index in [0.717, 1.165) is 16.7 Å². The maximum Gasteiger partial charge on any atom is 0.243 e. The average molecular weight is 329 g/mol. The molecule has 1 rings (SSSR count). The van der Waals surface area contributed by atoms with E-state index in [2.05, 4.69) is 11.8 Å². The number of carbonyl (C=O) groups is 1. The molecule has 1 amide bonds. The third-order valence-electron chi connectivity index (χ3n) is 3.15. The van der Waals surface area contributed by atoms with E-state index in [1.165, 1.54) is 30.1 Å². The fraction of sp³-hybridized carbons (Fsp3) is 0.500. The van der Waals surface area contributed by atoms with Crippen LogP contribution in [-0.2, 0) is 21.2 Å². The van der Waals surface area contributed by atoms with Crippen LogP contribution in [0.4, 0.5) is 0 Å². The first-order valence-corrected chi connectivity index (χ1v) is 8.99. The normalized spacial score (nSPS) is 11.7. The lowest BCUT2D eigenvalue weighted by Crippen LogP contribution is -2.47. The maximum absolute atomic E-state index is 12.3. The summed E-state index contributed by atoms with van der Waals surface area (Å²) in [5.74, 6) is 4.89. The molecule has 7 heteroatoms. The van der Waals surface area contributed by atoms with Crippen LogP contribution >= 0.6 is 11.3 Å². The summed E-state index contributed by atoms with van der Waals surface area (Å²) in [6.07, 6.45) is 1.06. The van der Waals surface area contributed by atoms with Crippen LogP contribution in [0.1, 0.15) is 24.3 Å². The van der Waals surface area contributed by atoms with Gasteiger partial charge >= 0.3 is 0 Å². The fourth-order valence-electron chi connectivity index (χ4n) is 1.59. The van der Waals surface area contributed by atoms with Crippen molar-refractivity contribution in [2.45, 2.75) is 25.1 Å². The van der Waals surface area contributed by atoms with Gasteiger partial charge < -0.3 is 10.0 Å². The van der Waals surface area contributed by atoms with Gasteiger partial charge in [0.05, 0.1) is 6.54 Å². The second-order valence-corrected chi connectivity index (χ2v) is 8.77. The van der Waals surface area contributed by atoms with Gasteiger partial charge in [0.2, 0.25) is 5.91 Å². The molecule has 5 nitrogen and oxygen atoms in total. The lowest BCUT2D eigenvalue weighted by Gasteiger charge is -2.27. The average Bonchev–Trinajstić information content (AvgIpc) is 2.81. The molecular formula is C14H19NO4S2. The molecule has 0 saturated heterocycles. The monoisotopic (exact) mass is 329 g/mol. The summed E-state index contributed by atoms with van der Waals surface area (Å²) >= 11 is 1.44. The molecule has 0 aliphatic rings. The summed E-state index contributed by atoms with van der Waals surface area (Å²) in [5.41, 5.74) is 0.771. The first-order chi connectivity index (χ1) is 9.59. The summed E-state index contributed by atoms with van der Waals surface area (Å²) < 4.78 is 21.9. The van der Waals surface area contributed by atoms with Gasteiger partial charge in [0.25, 0.3) is 0 Å². The summed E-state index contributed by atoms with van der Waals surface area (Å²) in [7, 11) is -1.91. The standard InChI is InChI=1S/C14H19NO4S2/c1-14(2,21(4,18)19)13(17)15(3)9-12-8-11(10-20-12)6-5-7-16/h8,10,16H,7,9H2,1-4H3. The summed E-state index contributed by atoms with van der Waals surface area (Å²) in [6, 6.07) is 1.82. The first kappa shape index (κ1) is 17.7. The number of aliphatic hydroxyl groups is 1. The fourth-order valence-corrected chi connectivity index (χ4v) is 2.94. The molecule has 1 N–H and O–H groups in total.